The zero-order valence-corrected chi connectivity index (χ0v) is 12.6. The molecule has 0 fully saturated rings. The standard InChI is InChI=1S/C16H12BrN3O/c17-10-5-6-15(13(18)9-10)20-16(21)12-7-8-19-14-4-2-1-3-11(12)14/h1-9H,18H2,(H,20,21). The summed E-state index contributed by atoms with van der Waals surface area (Å²) >= 11 is 3.34. The molecule has 0 aliphatic carbocycles. The lowest BCUT2D eigenvalue weighted by atomic mass is 10.1. The lowest BCUT2D eigenvalue weighted by molar-refractivity contribution is 0.102. The van der Waals surface area contributed by atoms with Crippen molar-refractivity contribution < 1.29 is 4.79 Å². The molecule has 0 aliphatic rings. The summed E-state index contributed by atoms with van der Waals surface area (Å²) in [7, 11) is 0. The van der Waals surface area contributed by atoms with E-state index in [4.69, 9.17) is 5.73 Å². The number of nitrogens with zero attached hydrogens (tertiary/aromatic N) is 1. The van der Waals surface area contributed by atoms with Gasteiger partial charge in [-0.2, -0.15) is 0 Å². The van der Waals surface area contributed by atoms with Crippen LogP contribution in [0.4, 0.5) is 11.4 Å². The summed E-state index contributed by atoms with van der Waals surface area (Å²) in [5, 5.41) is 3.65. The fourth-order valence-corrected chi connectivity index (χ4v) is 2.51. The minimum atomic E-state index is -0.206. The van der Waals surface area contributed by atoms with Crippen molar-refractivity contribution in [1.82, 2.24) is 4.98 Å². The second-order valence-electron chi connectivity index (χ2n) is 4.56. The van der Waals surface area contributed by atoms with Crippen molar-refractivity contribution in [3.8, 4) is 0 Å². The second-order valence-corrected chi connectivity index (χ2v) is 5.48. The highest BCUT2D eigenvalue weighted by Crippen LogP contribution is 2.24. The van der Waals surface area contributed by atoms with Crippen LogP contribution in [0.2, 0.25) is 0 Å². The Hall–Kier alpha value is -2.40. The predicted molar refractivity (Wildman–Crippen MR) is 88.3 cm³/mol. The number of hydrogen-bond acceptors (Lipinski definition) is 3. The number of nitrogens with one attached hydrogen (secondary N) is 1. The molecule has 0 atom stereocenters. The lowest BCUT2D eigenvalue weighted by Crippen LogP contribution is -2.13. The maximum absolute atomic E-state index is 12.5. The minimum absolute atomic E-state index is 0.206. The van der Waals surface area contributed by atoms with Crippen molar-refractivity contribution in [2.24, 2.45) is 0 Å². The Morgan fingerprint density at radius 2 is 1.95 bits per heavy atom. The third kappa shape index (κ3) is 2.73. The molecule has 3 N–H and O–H groups in total. The summed E-state index contributed by atoms with van der Waals surface area (Å²) in [4.78, 5) is 16.7. The summed E-state index contributed by atoms with van der Waals surface area (Å²) in [6.07, 6.45) is 1.63. The Bertz CT molecular complexity index is 827. The summed E-state index contributed by atoms with van der Waals surface area (Å²) in [6, 6.07) is 14.6. The molecule has 0 radical (unpaired) electrons. The van der Waals surface area contributed by atoms with E-state index in [0.717, 1.165) is 15.4 Å². The first-order valence-electron chi connectivity index (χ1n) is 6.35. The quantitative estimate of drug-likeness (QED) is 0.696. The molecular weight excluding hydrogens is 330 g/mol. The Balaban J connectivity index is 1.97. The number of hydrogen-bond donors (Lipinski definition) is 2. The number of benzene rings is 2. The Morgan fingerprint density at radius 3 is 2.76 bits per heavy atom. The highest BCUT2D eigenvalue weighted by Gasteiger charge is 2.11. The zero-order chi connectivity index (χ0) is 14.8. The maximum Gasteiger partial charge on any atom is 0.256 e. The molecule has 0 bridgehead atoms. The number of aromatic nitrogens is 1. The molecule has 1 amide bonds. The molecule has 1 heterocycles. The first-order chi connectivity index (χ1) is 10.1. The molecule has 0 saturated heterocycles. The Morgan fingerprint density at radius 1 is 1.14 bits per heavy atom. The maximum atomic E-state index is 12.5. The number of anilines is 2. The van der Waals surface area contributed by atoms with Gasteiger partial charge in [0.2, 0.25) is 0 Å². The Kier molecular flexibility index (Phi) is 3.58. The second kappa shape index (κ2) is 5.54. The molecule has 0 aliphatic heterocycles. The van der Waals surface area contributed by atoms with Crippen LogP contribution in [0.1, 0.15) is 10.4 Å². The van der Waals surface area contributed by atoms with Crippen molar-refractivity contribution in [2.45, 2.75) is 0 Å². The highest BCUT2D eigenvalue weighted by atomic mass is 79.9. The van der Waals surface area contributed by atoms with Crippen molar-refractivity contribution in [3.05, 3.63) is 64.8 Å². The zero-order valence-electron chi connectivity index (χ0n) is 11.0. The molecule has 4 nitrogen and oxygen atoms in total. The van der Waals surface area contributed by atoms with E-state index in [9.17, 15) is 4.79 Å². The van der Waals surface area contributed by atoms with Crippen LogP contribution in [-0.2, 0) is 0 Å². The molecule has 3 rings (SSSR count). The molecule has 1 aromatic heterocycles. The first kappa shape index (κ1) is 13.6. The van der Waals surface area contributed by atoms with Crippen LogP contribution >= 0.6 is 15.9 Å². The van der Waals surface area contributed by atoms with Gasteiger partial charge < -0.3 is 11.1 Å². The van der Waals surface area contributed by atoms with Gasteiger partial charge in [0.05, 0.1) is 22.5 Å². The van der Waals surface area contributed by atoms with Gasteiger partial charge in [-0.25, -0.2) is 0 Å². The van der Waals surface area contributed by atoms with Crippen LogP contribution in [0, 0.1) is 0 Å². The van der Waals surface area contributed by atoms with Crippen molar-refractivity contribution in [3.63, 3.8) is 0 Å². The number of pyridine rings is 1. The minimum Gasteiger partial charge on any atom is -0.397 e. The molecule has 5 heteroatoms. The van der Waals surface area contributed by atoms with Crippen LogP contribution in [0.25, 0.3) is 10.9 Å². The van der Waals surface area contributed by atoms with Crippen LogP contribution in [0.15, 0.2) is 59.2 Å². The van der Waals surface area contributed by atoms with E-state index in [1.54, 1.807) is 24.4 Å². The summed E-state index contributed by atoms with van der Waals surface area (Å²) in [6.45, 7) is 0. The number of amides is 1. The van der Waals surface area contributed by atoms with Gasteiger partial charge in [-0.1, -0.05) is 34.1 Å². The van der Waals surface area contributed by atoms with E-state index in [2.05, 4.69) is 26.2 Å². The number of nitrogens with two attached hydrogens (primary N) is 1. The van der Waals surface area contributed by atoms with Gasteiger partial charge in [-0.15, -0.1) is 0 Å². The van der Waals surface area contributed by atoms with Crippen LogP contribution in [0.5, 0.6) is 0 Å². The average molecular weight is 342 g/mol. The molecule has 0 unspecified atom stereocenters. The molecule has 0 spiro atoms. The molecule has 21 heavy (non-hydrogen) atoms. The lowest BCUT2D eigenvalue weighted by Gasteiger charge is -2.10. The van der Waals surface area contributed by atoms with Crippen LogP contribution in [-0.4, -0.2) is 10.9 Å². The third-order valence-electron chi connectivity index (χ3n) is 3.16. The summed E-state index contributed by atoms with van der Waals surface area (Å²) < 4.78 is 0.868. The number of nitrogen functional groups attached to an aromatic ring is 1. The topological polar surface area (TPSA) is 68.0 Å². The SMILES string of the molecule is Nc1cc(Br)ccc1NC(=O)c1ccnc2ccccc12. The highest BCUT2D eigenvalue weighted by molar-refractivity contribution is 9.10. The van der Waals surface area contributed by atoms with Crippen LogP contribution < -0.4 is 11.1 Å². The van der Waals surface area contributed by atoms with Gasteiger partial charge >= 0.3 is 0 Å². The monoisotopic (exact) mass is 341 g/mol. The number of para-hydroxylation sites is 1. The van der Waals surface area contributed by atoms with Gasteiger partial charge in [0.15, 0.2) is 0 Å². The van der Waals surface area contributed by atoms with E-state index in [0.29, 0.717) is 16.9 Å². The van der Waals surface area contributed by atoms with Crippen molar-refractivity contribution in [2.75, 3.05) is 11.1 Å². The molecule has 104 valence electrons. The van der Waals surface area contributed by atoms with E-state index in [1.807, 2.05) is 30.3 Å². The van der Waals surface area contributed by atoms with Gasteiger partial charge in [0.1, 0.15) is 0 Å². The number of fused-ring (bicyclic) bond motifs is 1. The van der Waals surface area contributed by atoms with E-state index in [1.165, 1.54) is 0 Å². The molecule has 2 aromatic carbocycles. The van der Waals surface area contributed by atoms with Gasteiger partial charge in [-0.3, -0.25) is 9.78 Å². The Labute approximate surface area is 130 Å². The number of carbonyl (C=O) groups excluding carboxylic acids is 1. The third-order valence-corrected chi connectivity index (χ3v) is 3.65. The van der Waals surface area contributed by atoms with Gasteiger partial charge in [0, 0.05) is 16.1 Å². The van der Waals surface area contributed by atoms with E-state index < -0.39 is 0 Å². The number of carbonyl (C=O) groups is 1. The van der Waals surface area contributed by atoms with E-state index in [-0.39, 0.29) is 5.91 Å². The fourth-order valence-electron chi connectivity index (χ4n) is 2.13. The average Bonchev–Trinajstić information content (AvgIpc) is 2.49. The largest absolute Gasteiger partial charge is 0.397 e. The smallest absolute Gasteiger partial charge is 0.256 e. The number of rotatable bonds is 2. The van der Waals surface area contributed by atoms with Gasteiger partial charge in [-0.05, 0) is 30.3 Å². The van der Waals surface area contributed by atoms with Crippen LogP contribution in [0.3, 0.4) is 0 Å². The van der Waals surface area contributed by atoms with Crippen molar-refractivity contribution in [1.29, 1.82) is 0 Å². The molecule has 3 aromatic rings. The van der Waals surface area contributed by atoms with E-state index >= 15 is 0 Å². The van der Waals surface area contributed by atoms with Gasteiger partial charge in [0.25, 0.3) is 5.91 Å². The predicted octanol–water partition coefficient (Wildman–Crippen LogP) is 3.83. The fraction of sp³-hybridized carbons (Fsp3) is 0. The summed E-state index contributed by atoms with van der Waals surface area (Å²) in [5.41, 5.74) is 8.36. The molecular formula is C16H12BrN3O. The number of halogens is 1. The normalized spacial score (nSPS) is 10.5. The summed E-state index contributed by atoms with van der Waals surface area (Å²) in [5.74, 6) is -0.206. The molecule has 0 saturated carbocycles. The first-order valence-corrected chi connectivity index (χ1v) is 7.14. The van der Waals surface area contributed by atoms with Crippen molar-refractivity contribution >= 4 is 44.1 Å².